The summed E-state index contributed by atoms with van der Waals surface area (Å²) >= 11 is 3.40. The average Bonchev–Trinajstić information content (AvgIpc) is 2.48. The van der Waals surface area contributed by atoms with Gasteiger partial charge in [0, 0.05) is 4.47 Å². The zero-order valence-electron chi connectivity index (χ0n) is 8.33. The van der Waals surface area contributed by atoms with Crippen LogP contribution < -0.4 is 0 Å². The molecule has 0 aliphatic heterocycles. The van der Waals surface area contributed by atoms with Gasteiger partial charge in [-0.15, -0.1) is 0 Å². The molecule has 0 bridgehead atoms. The van der Waals surface area contributed by atoms with E-state index < -0.39 is 5.60 Å². The van der Waals surface area contributed by atoms with Gasteiger partial charge in [-0.1, -0.05) is 35.0 Å². The summed E-state index contributed by atoms with van der Waals surface area (Å²) in [6.45, 7) is 2.21. The van der Waals surface area contributed by atoms with E-state index >= 15 is 0 Å². The second-order valence-corrected chi connectivity index (χ2v) is 5.30. The second-order valence-electron chi connectivity index (χ2n) is 4.39. The first-order chi connectivity index (χ1) is 6.60. The number of hydrogen-bond acceptors (Lipinski definition) is 1. The van der Waals surface area contributed by atoms with Crippen molar-refractivity contribution in [3.8, 4) is 0 Å². The van der Waals surface area contributed by atoms with Crippen LogP contribution in [0.15, 0.2) is 28.7 Å². The lowest BCUT2D eigenvalue weighted by molar-refractivity contribution is 0.0408. The highest BCUT2D eigenvalue weighted by atomic mass is 79.9. The SMILES string of the molecule is C[C@@H]1CC[C@](O)(c2ccc(Br)cc2)C1. The normalized spacial score (nSPS) is 32.1. The Morgan fingerprint density at radius 1 is 1.36 bits per heavy atom. The molecule has 0 spiro atoms. The lowest BCUT2D eigenvalue weighted by Crippen LogP contribution is -2.21. The van der Waals surface area contributed by atoms with Crippen LogP contribution in [0.5, 0.6) is 0 Å². The lowest BCUT2D eigenvalue weighted by atomic mass is 9.91. The Balaban J connectivity index is 2.26. The minimum Gasteiger partial charge on any atom is -0.385 e. The minimum absolute atomic E-state index is 0.569. The van der Waals surface area contributed by atoms with Crippen LogP contribution >= 0.6 is 15.9 Å². The van der Waals surface area contributed by atoms with E-state index in [1.807, 2.05) is 24.3 Å². The molecule has 1 aromatic rings. The van der Waals surface area contributed by atoms with Crippen LogP contribution in [-0.2, 0) is 5.60 Å². The predicted molar refractivity (Wildman–Crippen MR) is 61.1 cm³/mol. The van der Waals surface area contributed by atoms with E-state index in [4.69, 9.17) is 0 Å². The smallest absolute Gasteiger partial charge is 0.0899 e. The summed E-state index contributed by atoms with van der Waals surface area (Å²) in [4.78, 5) is 0. The third kappa shape index (κ3) is 1.86. The van der Waals surface area contributed by atoms with Gasteiger partial charge in [0.05, 0.1) is 5.60 Å². The molecule has 0 radical (unpaired) electrons. The van der Waals surface area contributed by atoms with E-state index in [1.165, 1.54) is 0 Å². The van der Waals surface area contributed by atoms with Gasteiger partial charge >= 0.3 is 0 Å². The Hall–Kier alpha value is -0.340. The molecule has 1 N–H and O–H groups in total. The van der Waals surface area contributed by atoms with Gasteiger partial charge < -0.3 is 5.11 Å². The molecule has 1 saturated carbocycles. The molecule has 0 aromatic heterocycles. The fourth-order valence-electron chi connectivity index (χ4n) is 2.29. The maximum absolute atomic E-state index is 10.4. The van der Waals surface area contributed by atoms with Crippen LogP contribution in [0, 0.1) is 5.92 Å². The number of hydrogen-bond donors (Lipinski definition) is 1. The summed E-state index contributed by atoms with van der Waals surface area (Å²) < 4.78 is 1.07. The van der Waals surface area contributed by atoms with Crippen LogP contribution in [-0.4, -0.2) is 5.11 Å². The van der Waals surface area contributed by atoms with Crippen molar-refractivity contribution in [2.75, 3.05) is 0 Å². The molecule has 0 heterocycles. The van der Waals surface area contributed by atoms with Gasteiger partial charge in [-0.05, 0) is 42.9 Å². The topological polar surface area (TPSA) is 20.2 Å². The molecule has 2 atom stereocenters. The molecule has 1 nitrogen and oxygen atoms in total. The number of rotatable bonds is 1. The van der Waals surface area contributed by atoms with E-state index in [-0.39, 0.29) is 0 Å². The van der Waals surface area contributed by atoms with E-state index in [1.54, 1.807) is 0 Å². The first-order valence-electron chi connectivity index (χ1n) is 5.08. The van der Waals surface area contributed by atoms with Gasteiger partial charge in [-0.2, -0.15) is 0 Å². The first kappa shape index (κ1) is 10.2. The minimum atomic E-state index is -0.569. The molecule has 1 aromatic carbocycles. The van der Waals surface area contributed by atoms with Gasteiger partial charge in [-0.25, -0.2) is 0 Å². The number of aliphatic hydroxyl groups is 1. The van der Waals surface area contributed by atoms with Crippen molar-refractivity contribution in [1.29, 1.82) is 0 Å². The molecule has 14 heavy (non-hydrogen) atoms. The van der Waals surface area contributed by atoms with Gasteiger partial charge in [-0.3, -0.25) is 0 Å². The van der Waals surface area contributed by atoms with E-state index in [0.717, 1.165) is 29.3 Å². The van der Waals surface area contributed by atoms with Crippen LogP contribution in [0.3, 0.4) is 0 Å². The zero-order chi connectivity index (χ0) is 10.2. The van der Waals surface area contributed by atoms with E-state index in [0.29, 0.717) is 5.92 Å². The molecule has 0 saturated heterocycles. The number of halogens is 1. The van der Waals surface area contributed by atoms with Crippen molar-refractivity contribution in [3.05, 3.63) is 34.3 Å². The van der Waals surface area contributed by atoms with E-state index in [2.05, 4.69) is 22.9 Å². The van der Waals surface area contributed by atoms with Gasteiger partial charge in [0.25, 0.3) is 0 Å². The standard InChI is InChI=1S/C12H15BrO/c1-9-6-7-12(14,8-9)10-2-4-11(13)5-3-10/h2-5,9,14H,6-8H2,1H3/t9-,12-/m1/s1. The molecule has 1 aliphatic carbocycles. The summed E-state index contributed by atoms with van der Waals surface area (Å²) in [5.74, 6) is 0.642. The van der Waals surface area contributed by atoms with Crippen LogP contribution in [0.4, 0.5) is 0 Å². The van der Waals surface area contributed by atoms with Crippen LogP contribution in [0.25, 0.3) is 0 Å². The van der Waals surface area contributed by atoms with Gasteiger partial charge in [0.15, 0.2) is 0 Å². The van der Waals surface area contributed by atoms with Crippen molar-refractivity contribution in [2.24, 2.45) is 5.92 Å². The van der Waals surface area contributed by atoms with E-state index in [9.17, 15) is 5.11 Å². The highest BCUT2D eigenvalue weighted by Gasteiger charge is 2.36. The summed E-state index contributed by atoms with van der Waals surface area (Å²) in [5, 5.41) is 10.4. The molecular weight excluding hydrogens is 240 g/mol. The number of benzene rings is 1. The zero-order valence-corrected chi connectivity index (χ0v) is 9.92. The Kier molecular flexibility index (Phi) is 2.67. The third-order valence-electron chi connectivity index (χ3n) is 3.12. The Morgan fingerprint density at radius 3 is 2.50 bits per heavy atom. The Bertz CT molecular complexity index is 320. The average molecular weight is 255 g/mol. The molecule has 2 heteroatoms. The molecule has 1 fully saturated rings. The summed E-state index contributed by atoms with van der Waals surface area (Å²) in [6, 6.07) is 8.02. The van der Waals surface area contributed by atoms with Gasteiger partial charge in [0.2, 0.25) is 0 Å². The molecular formula is C12H15BrO. The highest BCUT2D eigenvalue weighted by Crippen LogP contribution is 2.41. The lowest BCUT2D eigenvalue weighted by Gasteiger charge is -2.23. The maximum Gasteiger partial charge on any atom is 0.0899 e. The van der Waals surface area contributed by atoms with Gasteiger partial charge in [0.1, 0.15) is 0 Å². The fraction of sp³-hybridized carbons (Fsp3) is 0.500. The monoisotopic (exact) mass is 254 g/mol. The second kappa shape index (κ2) is 3.67. The predicted octanol–water partition coefficient (Wildman–Crippen LogP) is 3.46. The summed E-state index contributed by atoms with van der Waals surface area (Å²) in [5.41, 5.74) is 0.491. The Morgan fingerprint density at radius 2 is 2.00 bits per heavy atom. The molecule has 0 unspecified atom stereocenters. The quantitative estimate of drug-likeness (QED) is 0.814. The summed E-state index contributed by atoms with van der Waals surface area (Å²) in [7, 11) is 0. The maximum atomic E-state index is 10.4. The summed E-state index contributed by atoms with van der Waals surface area (Å²) in [6.07, 6.45) is 2.93. The highest BCUT2D eigenvalue weighted by molar-refractivity contribution is 9.10. The van der Waals surface area contributed by atoms with Crippen molar-refractivity contribution in [3.63, 3.8) is 0 Å². The molecule has 0 amide bonds. The molecule has 76 valence electrons. The van der Waals surface area contributed by atoms with Crippen molar-refractivity contribution in [2.45, 2.75) is 31.8 Å². The fourth-order valence-corrected chi connectivity index (χ4v) is 2.55. The van der Waals surface area contributed by atoms with Crippen molar-refractivity contribution < 1.29 is 5.11 Å². The van der Waals surface area contributed by atoms with Crippen LogP contribution in [0.1, 0.15) is 31.7 Å². The van der Waals surface area contributed by atoms with Crippen molar-refractivity contribution in [1.82, 2.24) is 0 Å². The molecule has 2 rings (SSSR count). The first-order valence-corrected chi connectivity index (χ1v) is 5.88. The largest absolute Gasteiger partial charge is 0.385 e. The van der Waals surface area contributed by atoms with Crippen molar-refractivity contribution >= 4 is 15.9 Å². The van der Waals surface area contributed by atoms with Crippen LogP contribution in [0.2, 0.25) is 0 Å². The Labute approximate surface area is 93.3 Å². The third-order valence-corrected chi connectivity index (χ3v) is 3.65. The molecule has 1 aliphatic rings.